The fraction of sp³-hybridized carbons (Fsp3) is 0.333. The van der Waals surface area contributed by atoms with Gasteiger partial charge in [0.25, 0.3) is 0 Å². The van der Waals surface area contributed by atoms with Crippen molar-refractivity contribution in [1.82, 2.24) is 0 Å². The SMILES string of the molecule is COc1ccc(C(=O)OC(C)(C)C(=O)O)cc1. The zero-order chi connectivity index (χ0) is 13.1. The number of methoxy groups -OCH3 is 1. The van der Waals surface area contributed by atoms with Gasteiger partial charge in [-0.05, 0) is 38.1 Å². The number of carboxylic acids is 1. The lowest BCUT2D eigenvalue weighted by Gasteiger charge is -2.19. The molecule has 0 radical (unpaired) electrons. The van der Waals surface area contributed by atoms with Gasteiger partial charge in [-0.3, -0.25) is 0 Å². The second kappa shape index (κ2) is 4.86. The highest BCUT2D eigenvalue weighted by atomic mass is 16.6. The summed E-state index contributed by atoms with van der Waals surface area (Å²) in [6, 6.07) is 6.23. The van der Waals surface area contributed by atoms with Crippen LogP contribution in [-0.2, 0) is 9.53 Å². The number of ether oxygens (including phenoxy) is 2. The summed E-state index contributed by atoms with van der Waals surface area (Å²) in [5.41, 5.74) is -1.27. The normalized spacial score (nSPS) is 10.8. The summed E-state index contributed by atoms with van der Waals surface area (Å²) in [6.07, 6.45) is 0. The van der Waals surface area contributed by atoms with E-state index in [2.05, 4.69) is 0 Å². The number of esters is 1. The minimum Gasteiger partial charge on any atom is -0.497 e. The minimum atomic E-state index is -1.54. The molecule has 0 aliphatic rings. The van der Waals surface area contributed by atoms with Crippen molar-refractivity contribution in [2.45, 2.75) is 19.4 Å². The van der Waals surface area contributed by atoms with Gasteiger partial charge in [-0.25, -0.2) is 9.59 Å². The number of rotatable bonds is 4. The van der Waals surface area contributed by atoms with Crippen molar-refractivity contribution in [1.29, 1.82) is 0 Å². The van der Waals surface area contributed by atoms with E-state index in [-0.39, 0.29) is 5.56 Å². The molecule has 0 bridgehead atoms. The third-order valence-electron chi connectivity index (χ3n) is 2.19. The largest absolute Gasteiger partial charge is 0.497 e. The van der Waals surface area contributed by atoms with Crippen molar-refractivity contribution in [3.05, 3.63) is 29.8 Å². The minimum absolute atomic E-state index is 0.278. The maximum absolute atomic E-state index is 11.6. The zero-order valence-corrected chi connectivity index (χ0v) is 9.89. The van der Waals surface area contributed by atoms with Crippen molar-refractivity contribution in [3.63, 3.8) is 0 Å². The van der Waals surface area contributed by atoms with Crippen LogP contribution < -0.4 is 4.74 Å². The Balaban J connectivity index is 2.80. The molecule has 0 aromatic heterocycles. The van der Waals surface area contributed by atoms with Crippen LogP contribution in [0, 0.1) is 0 Å². The lowest BCUT2D eigenvalue weighted by molar-refractivity contribution is -0.155. The van der Waals surface area contributed by atoms with Crippen molar-refractivity contribution in [3.8, 4) is 5.75 Å². The third-order valence-corrected chi connectivity index (χ3v) is 2.19. The van der Waals surface area contributed by atoms with Gasteiger partial charge in [0.15, 0.2) is 0 Å². The van der Waals surface area contributed by atoms with E-state index in [4.69, 9.17) is 14.6 Å². The van der Waals surface area contributed by atoms with Gasteiger partial charge in [-0.1, -0.05) is 0 Å². The molecule has 92 valence electrons. The Kier molecular flexibility index (Phi) is 3.73. The molecular weight excluding hydrogens is 224 g/mol. The molecule has 5 nitrogen and oxygen atoms in total. The highest BCUT2D eigenvalue weighted by molar-refractivity contribution is 5.92. The highest BCUT2D eigenvalue weighted by Crippen LogP contribution is 2.16. The Bertz CT molecular complexity index is 419. The van der Waals surface area contributed by atoms with Crippen molar-refractivity contribution in [2.75, 3.05) is 7.11 Å². The van der Waals surface area contributed by atoms with Gasteiger partial charge in [-0.15, -0.1) is 0 Å². The molecule has 0 saturated heterocycles. The molecule has 0 aliphatic heterocycles. The molecule has 17 heavy (non-hydrogen) atoms. The van der Waals surface area contributed by atoms with Crippen LogP contribution in [0.5, 0.6) is 5.75 Å². The maximum atomic E-state index is 11.6. The quantitative estimate of drug-likeness (QED) is 0.808. The standard InChI is InChI=1S/C12H14O5/c1-12(2,11(14)15)17-10(13)8-4-6-9(16-3)7-5-8/h4-7H,1-3H3,(H,14,15). The number of aliphatic carboxylic acids is 1. The van der Waals surface area contributed by atoms with E-state index in [1.54, 1.807) is 12.1 Å². The van der Waals surface area contributed by atoms with Crippen LogP contribution in [0.1, 0.15) is 24.2 Å². The lowest BCUT2D eigenvalue weighted by atomic mass is 10.1. The Hall–Kier alpha value is -2.04. The predicted octanol–water partition coefficient (Wildman–Crippen LogP) is 1.72. The molecule has 1 aromatic rings. The molecule has 0 spiro atoms. The summed E-state index contributed by atoms with van der Waals surface area (Å²) in [6.45, 7) is 2.63. The average Bonchev–Trinajstić information content (AvgIpc) is 2.28. The van der Waals surface area contributed by atoms with Gasteiger partial charge in [0, 0.05) is 0 Å². The second-order valence-electron chi connectivity index (χ2n) is 3.93. The van der Waals surface area contributed by atoms with Crippen LogP contribution in [-0.4, -0.2) is 29.8 Å². The molecule has 0 atom stereocenters. The number of carbonyl (C=O) groups is 2. The molecule has 1 rings (SSSR count). The Morgan fingerprint density at radius 2 is 1.71 bits per heavy atom. The summed E-state index contributed by atoms with van der Waals surface area (Å²) in [4.78, 5) is 22.4. The van der Waals surface area contributed by atoms with Gasteiger partial charge in [0.05, 0.1) is 12.7 Å². The summed E-state index contributed by atoms with van der Waals surface area (Å²) >= 11 is 0. The highest BCUT2D eigenvalue weighted by Gasteiger charge is 2.32. The van der Waals surface area contributed by atoms with Crippen LogP contribution in [0.3, 0.4) is 0 Å². The smallest absolute Gasteiger partial charge is 0.347 e. The maximum Gasteiger partial charge on any atom is 0.347 e. The molecule has 0 aliphatic carbocycles. The number of carboxylic acid groups (broad SMARTS) is 1. The predicted molar refractivity (Wildman–Crippen MR) is 60.1 cm³/mol. The summed E-state index contributed by atoms with van der Waals surface area (Å²) in [5.74, 6) is -1.27. The van der Waals surface area contributed by atoms with E-state index >= 15 is 0 Å². The molecule has 1 aromatic carbocycles. The van der Waals surface area contributed by atoms with Crippen LogP contribution in [0.15, 0.2) is 24.3 Å². The first-order valence-corrected chi connectivity index (χ1v) is 4.97. The fourth-order valence-corrected chi connectivity index (χ4v) is 1.06. The summed E-state index contributed by atoms with van der Waals surface area (Å²) in [7, 11) is 1.51. The number of benzene rings is 1. The number of hydrogen-bond donors (Lipinski definition) is 1. The van der Waals surface area contributed by atoms with Crippen LogP contribution in [0.25, 0.3) is 0 Å². The number of carbonyl (C=O) groups excluding carboxylic acids is 1. The van der Waals surface area contributed by atoms with Crippen LogP contribution in [0.2, 0.25) is 0 Å². The molecular formula is C12H14O5. The molecule has 0 fully saturated rings. The van der Waals surface area contributed by atoms with E-state index in [9.17, 15) is 9.59 Å². The van der Waals surface area contributed by atoms with Gasteiger partial charge < -0.3 is 14.6 Å². The molecule has 1 N–H and O–H groups in total. The average molecular weight is 238 g/mol. The molecule has 0 heterocycles. The Morgan fingerprint density at radius 3 is 2.12 bits per heavy atom. The molecule has 0 saturated carbocycles. The lowest BCUT2D eigenvalue weighted by Crippen LogP contribution is -2.37. The van der Waals surface area contributed by atoms with Gasteiger partial charge in [0.2, 0.25) is 5.60 Å². The van der Waals surface area contributed by atoms with Crippen molar-refractivity contribution in [2.24, 2.45) is 0 Å². The van der Waals surface area contributed by atoms with E-state index < -0.39 is 17.5 Å². The summed E-state index contributed by atoms with van der Waals surface area (Å²) in [5, 5.41) is 8.82. The van der Waals surface area contributed by atoms with Crippen molar-refractivity contribution < 1.29 is 24.2 Å². The number of hydrogen-bond acceptors (Lipinski definition) is 4. The Morgan fingerprint density at radius 1 is 1.18 bits per heavy atom. The monoisotopic (exact) mass is 238 g/mol. The van der Waals surface area contributed by atoms with Crippen molar-refractivity contribution >= 4 is 11.9 Å². The third kappa shape index (κ3) is 3.21. The zero-order valence-electron chi connectivity index (χ0n) is 9.89. The van der Waals surface area contributed by atoms with Gasteiger partial charge in [-0.2, -0.15) is 0 Å². The molecule has 0 unspecified atom stereocenters. The van der Waals surface area contributed by atoms with Crippen LogP contribution >= 0.6 is 0 Å². The first-order valence-electron chi connectivity index (χ1n) is 4.97. The first-order chi connectivity index (χ1) is 7.86. The summed E-state index contributed by atoms with van der Waals surface area (Å²) < 4.78 is 9.82. The van der Waals surface area contributed by atoms with Gasteiger partial charge >= 0.3 is 11.9 Å². The van der Waals surface area contributed by atoms with E-state index in [1.807, 2.05) is 0 Å². The van der Waals surface area contributed by atoms with E-state index in [1.165, 1.54) is 33.1 Å². The second-order valence-corrected chi connectivity index (χ2v) is 3.93. The fourth-order valence-electron chi connectivity index (χ4n) is 1.06. The van der Waals surface area contributed by atoms with Gasteiger partial charge in [0.1, 0.15) is 5.75 Å². The van der Waals surface area contributed by atoms with Crippen LogP contribution in [0.4, 0.5) is 0 Å². The Labute approximate surface area is 99.0 Å². The van der Waals surface area contributed by atoms with E-state index in [0.29, 0.717) is 5.75 Å². The molecule has 5 heteroatoms. The first kappa shape index (κ1) is 13.0. The van der Waals surface area contributed by atoms with E-state index in [0.717, 1.165) is 0 Å². The topological polar surface area (TPSA) is 72.8 Å². The molecule has 0 amide bonds.